The Morgan fingerprint density at radius 2 is 1.79 bits per heavy atom. The topological polar surface area (TPSA) is 43.1 Å². The fourth-order valence-corrected chi connectivity index (χ4v) is 6.24. The number of thiophene rings is 1. The lowest BCUT2D eigenvalue weighted by Gasteiger charge is -2.54. The van der Waals surface area contributed by atoms with Crippen LogP contribution in [0.3, 0.4) is 0 Å². The molecular formula is C16H21NOS. The molecule has 0 aliphatic heterocycles. The molecule has 0 unspecified atom stereocenters. The molecule has 0 aromatic carbocycles. The number of carbonyl (C=O) groups excluding carboxylic acids is 1. The summed E-state index contributed by atoms with van der Waals surface area (Å²) in [5.74, 6) is 4.46. The van der Waals surface area contributed by atoms with Crippen LogP contribution >= 0.6 is 11.3 Å². The molecule has 4 saturated carbocycles. The molecule has 1 heterocycles. The second-order valence-electron chi connectivity index (χ2n) is 6.79. The van der Waals surface area contributed by atoms with Gasteiger partial charge < -0.3 is 5.73 Å². The van der Waals surface area contributed by atoms with Gasteiger partial charge in [0.15, 0.2) is 5.78 Å². The molecule has 0 amide bonds. The summed E-state index contributed by atoms with van der Waals surface area (Å²) in [4.78, 5) is 13.0. The van der Waals surface area contributed by atoms with Crippen molar-refractivity contribution in [1.82, 2.24) is 0 Å². The maximum atomic E-state index is 12.0. The van der Waals surface area contributed by atoms with Crippen molar-refractivity contribution in [1.29, 1.82) is 0 Å². The molecular weight excluding hydrogens is 254 g/mol. The van der Waals surface area contributed by atoms with Gasteiger partial charge in [0, 0.05) is 0 Å². The van der Waals surface area contributed by atoms with Crippen LogP contribution in [0.25, 0.3) is 0 Å². The molecule has 0 radical (unpaired) electrons. The number of nitrogens with two attached hydrogens (primary N) is 1. The standard InChI is InChI=1S/C16H21NOS/c17-8-14(18)16-13(1-2-19-16)15-11-4-9-3-10(6-11)7-12(15)5-9/h1-2,9-12,15H,3-8,17H2. The summed E-state index contributed by atoms with van der Waals surface area (Å²) in [5, 5.41) is 2.09. The van der Waals surface area contributed by atoms with Crippen LogP contribution in [0.5, 0.6) is 0 Å². The van der Waals surface area contributed by atoms with Crippen molar-refractivity contribution in [3.63, 3.8) is 0 Å². The van der Waals surface area contributed by atoms with Gasteiger partial charge in [-0.2, -0.15) is 0 Å². The maximum Gasteiger partial charge on any atom is 0.186 e. The van der Waals surface area contributed by atoms with E-state index in [0.717, 1.165) is 28.5 Å². The van der Waals surface area contributed by atoms with E-state index in [1.807, 2.05) is 0 Å². The summed E-state index contributed by atoms with van der Waals surface area (Å²) < 4.78 is 0. The normalized spacial score (nSPS) is 39.7. The van der Waals surface area contributed by atoms with Crippen LogP contribution in [0, 0.1) is 23.7 Å². The number of hydrogen-bond acceptors (Lipinski definition) is 3. The molecule has 1 aromatic rings. The van der Waals surface area contributed by atoms with Crippen LogP contribution in [-0.2, 0) is 0 Å². The fraction of sp³-hybridized carbons (Fsp3) is 0.688. The van der Waals surface area contributed by atoms with E-state index in [9.17, 15) is 4.79 Å². The highest BCUT2D eigenvalue weighted by Crippen LogP contribution is 2.60. The molecule has 0 saturated heterocycles. The molecule has 4 bridgehead atoms. The number of Topliss-reactive ketones (excluding diaryl/α,β-unsaturated/α-hetero) is 1. The second-order valence-corrected chi connectivity index (χ2v) is 7.70. The predicted molar refractivity (Wildman–Crippen MR) is 77.5 cm³/mol. The first-order chi connectivity index (χ1) is 9.26. The van der Waals surface area contributed by atoms with Crippen LogP contribution in [0.2, 0.25) is 0 Å². The highest BCUT2D eigenvalue weighted by molar-refractivity contribution is 7.12. The molecule has 2 N–H and O–H groups in total. The Morgan fingerprint density at radius 3 is 2.37 bits per heavy atom. The Balaban J connectivity index is 1.69. The number of carbonyl (C=O) groups is 1. The summed E-state index contributed by atoms with van der Waals surface area (Å²) >= 11 is 1.60. The van der Waals surface area contributed by atoms with Crippen LogP contribution < -0.4 is 5.73 Å². The third kappa shape index (κ3) is 1.82. The van der Waals surface area contributed by atoms with Gasteiger partial charge in [-0.1, -0.05) is 0 Å². The highest BCUT2D eigenvalue weighted by Gasteiger charge is 2.49. The zero-order valence-corrected chi connectivity index (χ0v) is 12.0. The Morgan fingerprint density at radius 1 is 1.16 bits per heavy atom. The van der Waals surface area contributed by atoms with E-state index in [2.05, 4.69) is 11.4 Å². The summed E-state index contributed by atoms with van der Waals surface area (Å²) in [6, 6.07) is 2.21. The lowest BCUT2D eigenvalue weighted by atomic mass is 9.50. The van der Waals surface area contributed by atoms with E-state index < -0.39 is 0 Å². The minimum Gasteiger partial charge on any atom is -0.324 e. The zero-order chi connectivity index (χ0) is 13.0. The molecule has 4 aliphatic rings. The first-order valence-corrected chi connectivity index (χ1v) is 8.45. The van der Waals surface area contributed by atoms with Gasteiger partial charge in [0.05, 0.1) is 11.4 Å². The second kappa shape index (κ2) is 4.42. The first kappa shape index (κ1) is 12.1. The molecule has 102 valence electrons. The minimum atomic E-state index is 0.138. The third-order valence-electron chi connectivity index (χ3n) is 5.72. The predicted octanol–water partition coefficient (Wildman–Crippen LogP) is 3.43. The lowest BCUT2D eigenvalue weighted by Crippen LogP contribution is -2.44. The van der Waals surface area contributed by atoms with Crippen molar-refractivity contribution in [2.24, 2.45) is 29.4 Å². The van der Waals surface area contributed by atoms with Gasteiger partial charge >= 0.3 is 0 Å². The average Bonchev–Trinajstić information content (AvgIpc) is 2.85. The van der Waals surface area contributed by atoms with Crippen LogP contribution in [0.4, 0.5) is 0 Å². The van der Waals surface area contributed by atoms with Crippen LogP contribution in [0.1, 0.15) is 53.3 Å². The first-order valence-electron chi connectivity index (χ1n) is 7.57. The molecule has 19 heavy (non-hydrogen) atoms. The summed E-state index contributed by atoms with van der Waals surface area (Å²) in [5.41, 5.74) is 6.91. The molecule has 1 aromatic heterocycles. The largest absolute Gasteiger partial charge is 0.324 e. The smallest absolute Gasteiger partial charge is 0.186 e. The monoisotopic (exact) mass is 275 g/mol. The molecule has 4 fully saturated rings. The maximum absolute atomic E-state index is 12.0. The quantitative estimate of drug-likeness (QED) is 0.859. The Hall–Kier alpha value is -0.670. The van der Waals surface area contributed by atoms with E-state index in [0.29, 0.717) is 5.92 Å². The summed E-state index contributed by atoms with van der Waals surface area (Å²) in [6.45, 7) is 0.154. The van der Waals surface area contributed by atoms with Crippen molar-refractivity contribution < 1.29 is 4.79 Å². The number of rotatable bonds is 3. The molecule has 0 atom stereocenters. The molecule has 2 nitrogen and oxygen atoms in total. The highest BCUT2D eigenvalue weighted by atomic mass is 32.1. The third-order valence-corrected chi connectivity index (χ3v) is 6.69. The van der Waals surface area contributed by atoms with E-state index in [1.165, 1.54) is 37.7 Å². The van der Waals surface area contributed by atoms with Crippen molar-refractivity contribution in [3.8, 4) is 0 Å². The van der Waals surface area contributed by atoms with Crippen LogP contribution in [0.15, 0.2) is 11.4 Å². The van der Waals surface area contributed by atoms with E-state index >= 15 is 0 Å². The average molecular weight is 275 g/mol. The van der Waals surface area contributed by atoms with Gasteiger partial charge in [-0.05, 0) is 78.7 Å². The summed E-state index contributed by atoms with van der Waals surface area (Å²) in [7, 11) is 0. The van der Waals surface area contributed by atoms with E-state index in [-0.39, 0.29) is 12.3 Å². The number of ketones is 1. The van der Waals surface area contributed by atoms with Crippen molar-refractivity contribution in [3.05, 3.63) is 21.9 Å². The van der Waals surface area contributed by atoms with Crippen molar-refractivity contribution >= 4 is 17.1 Å². The summed E-state index contributed by atoms with van der Waals surface area (Å²) in [6.07, 6.45) is 7.11. The lowest BCUT2D eigenvalue weighted by molar-refractivity contribution is -0.00281. The molecule has 5 rings (SSSR count). The van der Waals surface area contributed by atoms with Crippen molar-refractivity contribution in [2.75, 3.05) is 6.54 Å². The van der Waals surface area contributed by atoms with Gasteiger partial charge in [0.2, 0.25) is 0 Å². The molecule has 3 heteroatoms. The van der Waals surface area contributed by atoms with Gasteiger partial charge in [-0.3, -0.25) is 4.79 Å². The van der Waals surface area contributed by atoms with Gasteiger partial charge in [-0.25, -0.2) is 0 Å². The number of hydrogen-bond donors (Lipinski definition) is 1. The minimum absolute atomic E-state index is 0.138. The Kier molecular flexibility index (Phi) is 2.82. The van der Waals surface area contributed by atoms with E-state index in [4.69, 9.17) is 5.73 Å². The van der Waals surface area contributed by atoms with Crippen LogP contribution in [-0.4, -0.2) is 12.3 Å². The van der Waals surface area contributed by atoms with Gasteiger partial charge in [0.1, 0.15) is 0 Å². The van der Waals surface area contributed by atoms with Crippen molar-refractivity contribution in [2.45, 2.75) is 38.0 Å². The van der Waals surface area contributed by atoms with E-state index in [1.54, 1.807) is 11.3 Å². The zero-order valence-electron chi connectivity index (χ0n) is 11.2. The Labute approximate surface area is 118 Å². The molecule has 4 aliphatic carbocycles. The molecule has 0 spiro atoms. The Bertz CT molecular complexity index is 479. The SMILES string of the molecule is NCC(=O)c1sccc1C1C2CC3CC(C2)CC1C3. The fourth-order valence-electron chi connectivity index (χ4n) is 5.33. The van der Waals surface area contributed by atoms with Gasteiger partial charge in [-0.15, -0.1) is 11.3 Å². The van der Waals surface area contributed by atoms with Gasteiger partial charge in [0.25, 0.3) is 0 Å².